The van der Waals surface area contributed by atoms with Gasteiger partial charge < -0.3 is 0 Å². The van der Waals surface area contributed by atoms with Gasteiger partial charge in [-0.05, 0) is 18.2 Å². The second-order valence-corrected chi connectivity index (χ2v) is 3.55. The molecule has 0 unspecified atom stereocenters. The molecule has 0 aliphatic heterocycles. The Morgan fingerprint density at radius 2 is 2.31 bits per heavy atom. The molecule has 1 aromatic heterocycles. The standard InChI is InChI=1S/C9H8BrFN2/c10-3-4-13-9-2-1-8(11)5-7(9)6-12-13/h1-2,5-6H,3-4H2. The van der Waals surface area contributed by atoms with Gasteiger partial charge in [-0.3, -0.25) is 4.68 Å². The lowest BCUT2D eigenvalue weighted by molar-refractivity contribution is 0.629. The smallest absolute Gasteiger partial charge is 0.124 e. The fourth-order valence-corrected chi connectivity index (χ4v) is 1.65. The molecule has 0 aliphatic rings. The predicted molar refractivity (Wildman–Crippen MR) is 53.5 cm³/mol. The Morgan fingerprint density at radius 1 is 1.46 bits per heavy atom. The van der Waals surface area contributed by atoms with E-state index >= 15 is 0 Å². The van der Waals surface area contributed by atoms with Gasteiger partial charge in [-0.25, -0.2) is 4.39 Å². The fourth-order valence-electron chi connectivity index (χ4n) is 1.32. The van der Waals surface area contributed by atoms with Crippen LogP contribution < -0.4 is 0 Å². The van der Waals surface area contributed by atoms with E-state index in [0.29, 0.717) is 0 Å². The lowest BCUT2D eigenvalue weighted by Gasteiger charge is -1.98. The Labute approximate surface area is 83.5 Å². The van der Waals surface area contributed by atoms with Crippen molar-refractivity contribution in [2.45, 2.75) is 6.54 Å². The van der Waals surface area contributed by atoms with Gasteiger partial charge in [0.2, 0.25) is 0 Å². The van der Waals surface area contributed by atoms with Gasteiger partial charge >= 0.3 is 0 Å². The van der Waals surface area contributed by atoms with Crippen molar-refractivity contribution in [1.82, 2.24) is 9.78 Å². The van der Waals surface area contributed by atoms with Gasteiger partial charge in [0.25, 0.3) is 0 Å². The van der Waals surface area contributed by atoms with E-state index in [1.807, 2.05) is 4.68 Å². The average Bonchev–Trinajstić information content (AvgIpc) is 2.49. The van der Waals surface area contributed by atoms with Crippen LogP contribution in [0.2, 0.25) is 0 Å². The molecular formula is C9H8BrFN2. The van der Waals surface area contributed by atoms with Gasteiger partial charge in [-0.15, -0.1) is 0 Å². The summed E-state index contributed by atoms with van der Waals surface area (Å²) in [7, 11) is 0. The van der Waals surface area contributed by atoms with Gasteiger partial charge in [-0.2, -0.15) is 5.10 Å². The van der Waals surface area contributed by atoms with Crippen molar-refractivity contribution in [3.63, 3.8) is 0 Å². The molecule has 0 N–H and O–H groups in total. The van der Waals surface area contributed by atoms with Crippen LogP contribution in [0.1, 0.15) is 0 Å². The molecule has 1 aromatic carbocycles. The second kappa shape index (κ2) is 3.46. The van der Waals surface area contributed by atoms with Crippen LogP contribution in [-0.4, -0.2) is 15.1 Å². The molecular weight excluding hydrogens is 235 g/mol. The molecule has 68 valence electrons. The highest BCUT2D eigenvalue weighted by molar-refractivity contribution is 9.09. The molecule has 2 rings (SSSR count). The molecule has 0 aliphatic carbocycles. The summed E-state index contributed by atoms with van der Waals surface area (Å²) in [4.78, 5) is 0. The largest absolute Gasteiger partial charge is 0.264 e. The number of benzene rings is 1. The summed E-state index contributed by atoms with van der Waals surface area (Å²) in [6.45, 7) is 0.801. The van der Waals surface area contributed by atoms with E-state index in [4.69, 9.17) is 0 Å². The maximum atomic E-state index is 12.8. The van der Waals surface area contributed by atoms with Crippen LogP contribution in [-0.2, 0) is 6.54 Å². The third-order valence-corrected chi connectivity index (χ3v) is 2.25. The second-order valence-electron chi connectivity index (χ2n) is 2.76. The number of aryl methyl sites for hydroxylation is 1. The van der Waals surface area contributed by atoms with Crippen molar-refractivity contribution in [2.24, 2.45) is 0 Å². The first kappa shape index (κ1) is 8.69. The first-order valence-electron chi connectivity index (χ1n) is 3.98. The van der Waals surface area contributed by atoms with Crippen LogP contribution >= 0.6 is 15.9 Å². The Balaban J connectivity index is 2.55. The van der Waals surface area contributed by atoms with Crippen molar-refractivity contribution in [3.8, 4) is 0 Å². The molecule has 0 spiro atoms. The van der Waals surface area contributed by atoms with E-state index < -0.39 is 0 Å². The summed E-state index contributed by atoms with van der Waals surface area (Å²) >= 11 is 3.34. The minimum atomic E-state index is -0.217. The molecule has 13 heavy (non-hydrogen) atoms. The van der Waals surface area contributed by atoms with Gasteiger partial charge in [0.1, 0.15) is 5.82 Å². The van der Waals surface area contributed by atoms with E-state index in [-0.39, 0.29) is 5.82 Å². The Kier molecular flexibility index (Phi) is 2.31. The Hall–Kier alpha value is -0.900. The number of rotatable bonds is 2. The van der Waals surface area contributed by atoms with Crippen molar-refractivity contribution in [1.29, 1.82) is 0 Å². The summed E-state index contributed by atoms with van der Waals surface area (Å²) in [5.74, 6) is -0.217. The monoisotopic (exact) mass is 242 g/mol. The summed E-state index contributed by atoms with van der Waals surface area (Å²) in [6.07, 6.45) is 1.68. The van der Waals surface area contributed by atoms with E-state index in [1.165, 1.54) is 12.1 Å². The minimum absolute atomic E-state index is 0.217. The number of fused-ring (bicyclic) bond motifs is 1. The van der Waals surface area contributed by atoms with Crippen molar-refractivity contribution >= 4 is 26.8 Å². The highest BCUT2D eigenvalue weighted by Crippen LogP contribution is 2.14. The number of hydrogen-bond donors (Lipinski definition) is 0. The number of hydrogen-bond acceptors (Lipinski definition) is 1. The third-order valence-electron chi connectivity index (χ3n) is 1.90. The Morgan fingerprint density at radius 3 is 3.08 bits per heavy atom. The van der Waals surface area contributed by atoms with Crippen molar-refractivity contribution < 1.29 is 4.39 Å². The molecule has 2 nitrogen and oxygen atoms in total. The molecule has 0 bridgehead atoms. The van der Waals surface area contributed by atoms with Crippen LogP contribution in [0.4, 0.5) is 4.39 Å². The minimum Gasteiger partial charge on any atom is -0.264 e. The molecule has 0 amide bonds. The van der Waals surface area contributed by atoms with Gasteiger partial charge in [0, 0.05) is 10.7 Å². The average molecular weight is 243 g/mol. The van der Waals surface area contributed by atoms with Crippen LogP contribution in [0.15, 0.2) is 24.4 Å². The van der Waals surface area contributed by atoms with Gasteiger partial charge in [0.05, 0.1) is 18.3 Å². The van der Waals surface area contributed by atoms with E-state index in [2.05, 4.69) is 21.0 Å². The zero-order valence-electron chi connectivity index (χ0n) is 6.87. The first-order chi connectivity index (χ1) is 6.31. The lowest BCUT2D eigenvalue weighted by atomic mass is 10.2. The highest BCUT2D eigenvalue weighted by atomic mass is 79.9. The van der Waals surface area contributed by atoms with Gasteiger partial charge in [0.15, 0.2) is 0 Å². The lowest BCUT2D eigenvalue weighted by Crippen LogP contribution is -1.99. The summed E-state index contributed by atoms with van der Waals surface area (Å²) in [5, 5.41) is 5.84. The summed E-state index contributed by atoms with van der Waals surface area (Å²) in [5.41, 5.74) is 0.973. The summed E-state index contributed by atoms with van der Waals surface area (Å²) in [6, 6.07) is 4.70. The zero-order chi connectivity index (χ0) is 9.26. The van der Waals surface area contributed by atoms with Crippen molar-refractivity contribution in [2.75, 3.05) is 5.33 Å². The van der Waals surface area contributed by atoms with E-state index in [0.717, 1.165) is 22.8 Å². The molecule has 1 heterocycles. The van der Waals surface area contributed by atoms with Crippen LogP contribution in [0.5, 0.6) is 0 Å². The summed E-state index contributed by atoms with van der Waals surface area (Å²) < 4.78 is 14.6. The normalized spacial score (nSPS) is 10.9. The van der Waals surface area contributed by atoms with E-state index in [9.17, 15) is 4.39 Å². The maximum Gasteiger partial charge on any atom is 0.124 e. The molecule has 0 radical (unpaired) electrons. The third kappa shape index (κ3) is 1.58. The Bertz CT molecular complexity index is 424. The molecule has 2 aromatic rings. The zero-order valence-corrected chi connectivity index (χ0v) is 8.46. The number of alkyl halides is 1. The number of aromatic nitrogens is 2. The highest BCUT2D eigenvalue weighted by Gasteiger charge is 2.01. The molecule has 0 saturated heterocycles. The number of halogens is 2. The van der Waals surface area contributed by atoms with Crippen LogP contribution in [0, 0.1) is 5.82 Å². The molecule has 0 atom stereocenters. The topological polar surface area (TPSA) is 17.8 Å². The van der Waals surface area contributed by atoms with Gasteiger partial charge in [-0.1, -0.05) is 15.9 Å². The number of nitrogens with zero attached hydrogens (tertiary/aromatic N) is 2. The first-order valence-corrected chi connectivity index (χ1v) is 5.10. The van der Waals surface area contributed by atoms with Crippen molar-refractivity contribution in [3.05, 3.63) is 30.2 Å². The molecule has 4 heteroatoms. The maximum absolute atomic E-state index is 12.8. The molecule has 0 saturated carbocycles. The van der Waals surface area contributed by atoms with Crippen LogP contribution in [0.25, 0.3) is 10.9 Å². The molecule has 0 fully saturated rings. The van der Waals surface area contributed by atoms with Crippen LogP contribution in [0.3, 0.4) is 0 Å². The fraction of sp³-hybridized carbons (Fsp3) is 0.222. The van der Waals surface area contributed by atoms with E-state index in [1.54, 1.807) is 12.3 Å². The SMILES string of the molecule is Fc1ccc2c(cnn2CCBr)c1. The quantitative estimate of drug-likeness (QED) is 0.741. The predicted octanol–water partition coefficient (Wildman–Crippen LogP) is 2.57.